The molecule has 0 rings (SSSR count). The quantitative estimate of drug-likeness (QED) is 0.402. The van der Waals surface area contributed by atoms with Crippen molar-refractivity contribution in [2.45, 2.75) is 40.0 Å². The largest absolute Gasteiger partial charge is 0.466 e. The summed E-state index contributed by atoms with van der Waals surface area (Å²) in [4.78, 5) is 14.2. The molecular weight excluding hydrogens is 294 g/mol. The van der Waals surface area contributed by atoms with Crippen molar-refractivity contribution >= 4 is 16.1 Å². The summed E-state index contributed by atoms with van der Waals surface area (Å²) in [6.07, 6.45) is 2.93. The van der Waals surface area contributed by atoms with E-state index in [0.29, 0.717) is 19.4 Å². The lowest BCUT2D eigenvalue weighted by atomic mass is 10.00. The average molecular weight is 323 g/mol. The second-order valence-electron chi connectivity index (χ2n) is 4.93. The van der Waals surface area contributed by atoms with Crippen LogP contribution >= 0.6 is 0 Å². The first kappa shape index (κ1) is 20.3. The van der Waals surface area contributed by atoms with Crippen LogP contribution in [0.3, 0.4) is 0 Å². The predicted octanol–water partition coefficient (Wildman–Crippen LogP) is 1.65. The van der Waals surface area contributed by atoms with E-state index >= 15 is 0 Å². The highest BCUT2D eigenvalue weighted by Crippen LogP contribution is 2.15. The van der Waals surface area contributed by atoms with Crippen LogP contribution < -0.4 is 0 Å². The van der Waals surface area contributed by atoms with Crippen molar-refractivity contribution in [1.29, 1.82) is 0 Å². The van der Waals surface area contributed by atoms with Gasteiger partial charge in [0.25, 0.3) is 10.1 Å². The van der Waals surface area contributed by atoms with Crippen LogP contribution in [0.1, 0.15) is 40.0 Å². The molecule has 0 N–H and O–H groups in total. The number of hydrogen-bond donors (Lipinski definition) is 0. The van der Waals surface area contributed by atoms with Crippen molar-refractivity contribution in [1.82, 2.24) is 4.90 Å². The summed E-state index contributed by atoms with van der Waals surface area (Å²) in [5.74, 6) is -0.573. The van der Waals surface area contributed by atoms with E-state index in [-0.39, 0.29) is 18.5 Å². The molecule has 0 aliphatic rings. The number of hydrogen-bond acceptors (Lipinski definition) is 6. The lowest BCUT2D eigenvalue weighted by Crippen LogP contribution is -2.26. The van der Waals surface area contributed by atoms with Crippen LogP contribution in [0.25, 0.3) is 0 Å². The first-order chi connectivity index (χ1) is 9.84. The van der Waals surface area contributed by atoms with E-state index in [9.17, 15) is 13.2 Å². The first-order valence-electron chi connectivity index (χ1n) is 7.57. The maximum absolute atomic E-state index is 11.9. The normalized spacial score (nSPS) is 13.4. The lowest BCUT2D eigenvalue weighted by Gasteiger charge is -2.20. The third kappa shape index (κ3) is 10.7. The fraction of sp³-hybridized carbons (Fsp3) is 0.929. The summed E-state index contributed by atoms with van der Waals surface area (Å²) in [5.41, 5.74) is 0. The number of carbonyl (C=O) groups excluding carboxylic acids is 1. The molecule has 0 fully saturated rings. The van der Waals surface area contributed by atoms with Gasteiger partial charge in [-0.1, -0.05) is 13.8 Å². The van der Waals surface area contributed by atoms with Crippen LogP contribution in [0.5, 0.6) is 0 Å². The zero-order valence-electron chi connectivity index (χ0n) is 13.6. The highest BCUT2D eigenvalue weighted by Gasteiger charge is 2.20. The first-order valence-corrected chi connectivity index (χ1v) is 9.39. The average Bonchev–Trinajstić information content (AvgIpc) is 2.40. The molecule has 0 aliphatic heterocycles. The number of ether oxygens (including phenoxy) is 1. The zero-order valence-corrected chi connectivity index (χ0v) is 14.4. The van der Waals surface area contributed by atoms with Gasteiger partial charge < -0.3 is 9.64 Å². The summed E-state index contributed by atoms with van der Waals surface area (Å²) in [6.45, 7) is 9.22. The van der Waals surface area contributed by atoms with Crippen LogP contribution in [0, 0.1) is 5.92 Å². The van der Waals surface area contributed by atoms with Crippen LogP contribution in [0.4, 0.5) is 0 Å². The molecule has 0 spiro atoms. The summed E-state index contributed by atoms with van der Waals surface area (Å²) in [7, 11) is -3.46. The molecule has 0 aromatic carbocycles. The Morgan fingerprint density at radius 3 is 2.24 bits per heavy atom. The van der Waals surface area contributed by atoms with Crippen molar-refractivity contribution in [3.05, 3.63) is 0 Å². The van der Waals surface area contributed by atoms with Gasteiger partial charge in [0.1, 0.15) is 0 Å². The van der Waals surface area contributed by atoms with Gasteiger partial charge in [0.2, 0.25) is 0 Å². The fourth-order valence-electron chi connectivity index (χ4n) is 2.08. The van der Waals surface area contributed by atoms with E-state index in [1.54, 1.807) is 6.92 Å². The molecule has 0 radical (unpaired) electrons. The van der Waals surface area contributed by atoms with E-state index in [2.05, 4.69) is 18.7 Å². The molecule has 0 bridgehead atoms. The van der Waals surface area contributed by atoms with E-state index in [4.69, 9.17) is 8.92 Å². The molecule has 0 heterocycles. The molecule has 1 unspecified atom stereocenters. The van der Waals surface area contributed by atoms with Crippen molar-refractivity contribution < 1.29 is 22.1 Å². The van der Waals surface area contributed by atoms with E-state index in [0.717, 1.165) is 32.3 Å². The molecule has 7 heteroatoms. The van der Waals surface area contributed by atoms with Crippen LogP contribution in [-0.2, 0) is 23.8 Å². The van der Waals surface area contributed by atoms with Gasteiger partial charge in [0.05, 0.1) is 25.4 Å². The van der Waals surface area contributed by atoms with Crippen molar-refractivity contribution in [2.75, 3.05) is 39.1 Å². The van der Waals surface area contributed by atoms with Gasteiger partial charge in [-0.2, -0.15) is 8.42 Å². The molecular formula is C14H29NO5S. The Bertz CT molecular complexity index is 379. The molecule has 0 amide bonds. The summed E-state index contributed by atoms with van der Waals surface area (Å²) >= 11 is 0. The van der Waals surface area contributed by atoms with Gasteiger partial charge >= 0.3 is 5.97 Å². The van der Waals surface area contributed by atoms with E-state index in [1.807, 2.05) is 0 Å². The van der Waals surface area contributed by atoms with Gasteiger partial charge in [-0.05, 0) is 45.8 Å². The molecule has 126 valence electrons. The van der Waals surface area contributed by atoms with Gasteiger partial charge in [-0.15, -0.1) is 0 Å². The van der Waals surface area contributed by atoms with Crippen molar-refractivity contribution in [2.24, 2.45) is 5.92 Å². The van der Waals surface area contributed by atoms with E-state index in [1.165, 1.54) is 0 Å². The molecule has 0 aromatic rings. The number of esters is 1. The Morgan fingerprint density at radius 1 is 1.14 bits per heavy atom. The summed E-state index contributed by atoms with van der Waals surface area (Å²) < 4.78 is 31.6. The summed E-state index contributed by atoms with van der Waals surface area (Å²) in [5, 5.41) is 0. The standard InChI is InChI=1S/C14H29NO5S/c1-5-15(6-2)11-8-9-13(14(16)19-7-3)10-12-20-21(4,17)18/h13H,5-12H2,1-4H3. The SMILES string of the molecule is CCOC(=O)C(CCCN(CC)CC)CCOS(C)(=O)=O. The second-order valence-corrected chi connectivity index (χ2v) is 6.58. The van der Waals surface area contributed by atoms with Crippen LogP contribution in [0.2, 0.25) is 0 Å². The highest BCUT2D eigenvalue weighted by atomic mass is 32.2. The Hall–Kier alpha value is -0.660. The van der Waals surface area contributed by atoms with Crippen molar-refractivity contribution in [3.8, 4) is 0 Å². The predicted molar refractivity (Wildman–Crippen MR) is 82.6 cm³/mol. The minimum absolute atomic E-state index is 0.0214. The smallest absolute Gasteiger partial charge is 0.309 e. The van der Waals surface area contributed by atoms with Gasteiger partial charge in [0.15, 0.2) is 0 Å². The number of carbonyl (C=O) groups is 1. The Labute approximate surface area is 128 Å². The van der Waals surface area contributed by atoms with Gasteiger partial charge in [-0.25, -0.2) is 0 Å². The van der Waals surface area contributed by atoms with Crippen LogP contribution in [-0.4, -0.2) is 58.4 Å². The molecule has 1 atom stereocenters. The Balaban J connectivity index is 4.29. The zero-order chi connectivity index (χ0) is 16.3. The minimum Gasteiger partial charge on any atom is -0.466 e. The highest BCUT2D eigenvalue weighted by molar-refractivity contribution is 7.85. The third-order valence-electron chi connectivity index (χ3n) is 3.31. The number of rotatable bonds is 12. The summed E-state index contributed by atoms with van der Waals surface area (Å²) in [6, 6.07) is 0. The minimum atomic E-state index is -3.46. The maximum Gasteiger partial charge on any atom is 0.309 e. The maximum atomic E-state index is 11.9. The van der Waals surface area contributed by atoms with Gasteiger partial charge in [-0.3, -0.25) is 8.98 Å². The topological polar surface area (TPSA) is 72.9 Å². The Kier molecular flexibility index (Phi) is 10.6. The van der Waals surface area contributed by atoms with Crippen LogP contribution in [0.15, 0.2) is 0 Å². The fourth-order valence-corrected chi connectivity index (χ4v) is 2.48. The third-order valence-corrected chi connectivity index (χ3v) is 3.90. The molecule has 0 aliphatic carbocycles. The molecule has 21 heavy (non-hydrogen) atoms. The molecule has 0 saturated heterocycles. The monoisotopic (exact) mass is 323 g/mol. The van der Waals surface area contributed by atoms with E-state index < -0.39 is 10.1 Å². The lowest BCUT2D eigenvalue weighted by molar-refractivity contribution is -0.148. The Morgan fingerprint density at radius 2 is 1.76 bits per heavy atom. The number of nitrogens with zero attached hydrogens (tertiary/aromatic N) is 1. The molecule has 0 saturated carbocycles. The molecule has 6 nitrogen and oxygen atoms in total. The second kappa shape index (κ2) is 11.0. The van der Waals surface area contributed by atoms with Crippen molar-refractivity contribution in [3.63, 3.8) is 0 Å². The van der Waals surface area contributed by atoms with Gasteiger partial charge in [0, 0.05) is 0 Å². The molecule has 0 aromatic heterocycles.